The third-order valence-electron chi connectivity index (χ3n) is 3.73. The minimum atomic E-state index is 0.0760. The Morgan fingerprint density at radius 2 is 1.94 bits per heavy atom. The maximum atomic E-state index is 12.0. The van der Waals surface area contributed by atoms with Gasteiger partial charge in [0.05, 0.1) is 0 Å². The van der Waals surface area contributed by atoms with Crippen LogP contribution in [-0.4, -0.2) is 18.2 Å². The number of ketones is 1. The van der Waals surface area contributed by atoms with Crippen LogP contribution in [0, 0.1) is 5.92 Å². The molecule has 1 heterocycles. The molecule has 1 aliphatic rings. The van der Waals surface area contributed by atoms with Crippen LogP contribution in [0.5, 0.6) is 0 Å². The molecule has 0 aromatic heterocycles. The van der Waals surface area contributed by atoms with Crippen molar-refractivity contribution in [3.05, 3.63) is 0 Å². The molecule has 0 radical (unpaired) electrons. The number of Topliss-reactive ketones (excluding diaryl/α,β-unsaturated/α-hetero) is 1. The van der Waals surface area contributed by atoms with Crippen LogP contribution in [0.3, 0.4) is 0 Å². The molecule has 0 aromatic carbocycles. The molecule has 0 spiro atoms. The van der Waals surface area contributed by atoms with E-state index in [-0.39, 0.29) is 11.8 Å². The van der Waals surface area contributed by atoms with Crippen LogP contribution in [0.25, 0.3) is 0 Å². The van der Waals surface area contributed by atoms with Gasteiger partial charge in [-0.05, 0) is 19.3 Å². The van der Waals surface area contributed by atoms with Crippen molar-refractivity contribution in [2.24, 2.45) is 5.92 Å². The van der Waals surface area contributed by atoms with E-state index in [9.17, 15) is 9.59 Å². The Hall–Kier alpha value is -0.860. The lowest BCUT2D eigenvalue weighted by Crippen LogP contribution is -2.29. The lowest BCUT2D eigenvalue weighted by Gasteiger charge is -2.12. The number of hydrogen-bond donors (Lipinski definition) is 1. The number of hydrogen-bond acceptors (Lipinski definition) is 2. The van der Waals surface area contributed by atoms with Crippen molar-refractivity contribution >= 4 is 11.7 Å². The number of nitrogens with one attached hydrogen (secondary N) is 1. The van der Waals surface area contributed by atoms with E-state index < -0.39 is 0 Å². The summed E-state index contributed by atoms with van der Waals surface area (Å²) in [5, 5.41) is 2.83. The zero-order chi connectivity index (χ0) is 13.2. The Morgan fingerprint density at radius 3 is 2.72 bits per heavy atom. The van der Waals surface area contributed by atoms with Crippen LogP contribution in [0.4, 0.5) is 0 Å². The van der Waals surface area contributed by atoms with Crippen molar-refractivity contribution < 1.29 is 9.59 Å². The van der Waals surface area contributed by atoms with Gasteiger partial charge >= 0.3 is 0 Å². The molecule has 1 atom stereocenters. The van der Waals surface area contributed by atoms with Crippen molar-refractivity contribution in [2.75, 3.05) is 6.54 Å². The lowest BCUT2D eigenvalue weighted by molar-refractivity contribution is -0.123. The zero-order valence-corrected chi connectivity index (χ0v) is 11.7. The highest BCUT2D eigenvalue weighted by Gasteiger charge is 2.21. The number of carbonyl (C=O) groups excluding carboxylic acids is 2. The molecular weight excluding hydrogens is 226 g/mol. The second-order valence-corrected chi connectivity index (χ2v) is 5.38. The minimum Gasteiger partial charge on any atom is -0.355 e. The Bertz CT molecular complexity index is 263. The number of carbonyl (C=O) groups is 2. The quantitative estimate of drug-likeness (QED) is 0.675. The van der Waals surface area contributed by atoms with Gasteiger partial charge in [0.2, 0.25) is 5.91 Å². The Kier molecular flexibility index (Phi) is 7.70. The third-order valence-corrected chi connectivity index (χ3v) is 3.73. The normalized spacial score (nSPS) is 20.3. The summed E-state index contributed by atoms with van der Waals surface area (Å²) in [5.41, 5.74) is 0. The molecule has 1 aliphatic heterocycles. The lowest BCUT2D eigenvalue weighted by atomic mass is 9.94. The molecule has 1 saturated heterocycles. The molecule has 1 N–H and O–H groups in total. The Balaban J connectivity index is 2.10. The van der Waals surface area contributed by atoms with Gasteiger partial charge in [-0.2, -0.15) is 0 Å². The van der Waals surface area contributed by atoms with E-state index in [0.717, 1.165) is 19.3 Å². The van der Waals surface area contributed by atoms with Crippen molar-refractivity contribution in [3.63, 3.8) is 0 Å². The number of amides is 1. The van der Waals surface area contributed by atoms with Gasteiger partial charge in [-0.25, -0.2) is 0 Å². The van der Waals surface area contributed by atoms with Crippen molar-refractivity contribution in [3.8, 4) is 0 Å². The van der Waals surface area contributed by atoms with Gasteiger partial charge in [-0.1, -0.05) is 39.0 Å². The first kappa shape index (κ1) is 15.2. The van der Waals surface area contributed by atoms with E-state index >= 15 is 0 Å². The SMILES string of the molecule is CCCCCCCCC(=O)C1CCCC(=O)NC1. The molecular formula is C15H27NO2. The fourth-order valence-electron chi connectivity index (χ4n) is 2.50. The predicted molar refractivity (Wildman–Crippen MR) is 73.4 cm³/mol. The topological polar surface area (TPSA) is 46.2 Å². The Morgan fingerprint density at radius 1 is 1.22 bits per heavy atom. The summed E-state index contributed by atoms with van der Waals surface area (Å²) in [5.74, 6) is 0.532. The molecule has 1 amide bonds. The summed E-state index contributed by atoms with van der Waals surface area (Å²) in [4.78, 5) is 23.2. The predicted octanol–water partition coefficient (Wildman–Crippen LogP) is 3.22. The summed E-state index contributed by atoms with van der Waals surface area (Å²) in [6.07, 6.45) is 10.3. The largest absolute Gasteiger partial charge is 0.355 e. The summed E-state index contributed by atoms with van der Waals surface area (Å²) >= 11 is 0. The second kappa shape index (κ2) is 9.12. The molecule has 3 nitrogen and oxygen atoms in total. The van der Waals surface area contributed by atoms with Gasteiger partial charge in [0.1, 0.15) is 5.78 Å². The van der Waals surface area contributed by atoms with Gasteiger partial charge in [0.15, 0.2) is 0 Å². The van der Waals surface area contributed by atoms with Gasteiger partial charge in [0, 0.05) is 25.3 Å². The van der Waals surface area contributed by atoms with Crippen LogP contribution in [0.2, 0.25) is 0 Å². The van der Waals surface area contributed by atoms with E-state index in [1.54, 1.807) is 0 Å². The summed E-state index contributed by atoms with van der Waals surface area (Å²) in [6.45, 7) is 2.78. The minimum absolute atomic E-state index is 0.0760. The average molecular weight is 253 g/mol. The van der Waals surface area contributed by atoms with Crippen LogP contribution in [0.1, 0.15) is 71.1 Å². The average Bonchev–Trinajstić information content (AvgIpc) is 2.58. The fourth-order valence-corrected chi connectivity index (χ4v) is 2.50. The molecule has 3 heteroatoms. The van der Waals surface area contributed by atoms with Crippen molar-refractivity contribution in [1.82, 2.24) is 5.32 Å². The number of rotatable bonds is 8. The third kappa shape index (κ3) is 6.18. The maximum absolute atomic E-state index is 12.0. The molecule has 18 heavy (non-hydrogen) atoms. The molecule has 1 unspecified atom stereocenters. The molecule has 1 rings (SSSR count). The van der Waals surface area contributed by atoms with E-state index in [1.807, 2.05) is 0 Å². The molecule has 0 bridgehead atoms. The summed E-state index contributed by atoms with van der Waals surface area (Å²) in [6, 6.07) is 0. The molecule has 0 aromatic rings. The van der Waals surface area contributed by atoms with E-state index in [1.165, 1.54) is 32.1 Å². The first-order valence-corrected chi connectivity index (χ1v) is 7.53. The molecule has 0 saturated carbocycles. The van der Waals surface area contributed by atoms with E-state index in [0.29, 0.717) is 25.2 Å². The van der Waals surface area contributed by atoms with Crippen molar-refractivity contribution in [1.29, 1.82) is 0 Å². The first-order valence-electron chi connectivity index (χ1n) is 7.53. The van der Waals surface area contributed by atoms with Gasteiger partial charge in [0.25, 0.3) is 0 Å². The monoisotopic (exact) mass is 253 g/mol. The van der Waals surface area contributed by atoms with Crippen molar-refractivity contribution in [2.45, 2.75) is 71.1 Å². The zero-order valence-electron chi connectivity index (χ0n) is 11.7. The molecule has 1 fully saturated rings. The molecule has 0 aliphatic carbocycles. The smallest absolute Gasteiger partial charge is 0.220 e. The van der Waals surface area contributed by atoms with E-state index in [2.05, 4.69) is 12.2 Å². The summed E-state index contributed by atoms with van der Waals surface area (Å²) < 4.78 is 0. The maximum Gasteiger partial charge on any atom is 0.220 e. The van der Waals surface area contributed by atoms with Gasteiger partial charge in [-0.15, -0.1) is 0 Å². The fraction of sp³-hybridized carbons (Fsp3) is 0.867. The van der Waals surface area contributed by atoms with Gasteiger partial charge < -0.3 is 5.32 Å². The van der Waals surface area contributed by atoms with E-state index in [4.69, 9.17) is 0 Å². The van der Waals surface area contributed by atoms with Crippen LogP contribution >= 0.6 is 0 Å². The highest BCUT2D eigenvalue weighted by atomic mass is 16.1. The Labute approximate surface area is 111 Å². The standard InChI is InChI=1S/C15H27NO2/c1-2-3-4-5-6-7-10-14(17)13-9-8-11-15(18)16-12-13/h13H,2-12H2,1H3,(H,16,18). The highest BCUT2D eigenvalue weighted by Crippen LogP contribution is 2.16. The van der Waals surface area contributed by atoms with Crippen LogP contribution in [0.15, 0.2) is 0 Å². The summed E-state index contributed by atoms with van der Waals surface area (Å²) in [7, 11) is 0. The van der Waals surface area contributed by atoms with Crippen LogP contribution < -0.4 is 5.32 Å². The highest BCUT2D eigenvalue weighted by molar-refractivity contribution is 5.83. The van der Waals surface area contributed by atoms with Gasteiger partial charge in [-0.3, -0.25) is 9.59 Å². The number of unbranched alkanes of at least 4 members (excludes halogenated alkanes) is 5. The first-order chi connectivity index (χ1) is 8.74. The van der Waals surface area contributed by atoms with Crippen LogP contribution in [-0.2, 0) is 9.59 Å². The second-order valence-electron chi connectivity index (χ2n) is 5.38. The molecule has 104 valence electrons.